The van der Waals surface area contributed by atoms with Gasteiger partial charge in [0.1, 0.15) is 11.3 Å². The quantitative estimate of drug-likeness (QED) is 0.363. The molecule has 0 saturated carbocycles. The third-order valence-corrected chi connectivity index (χ3v) is 6.17. The number of rotatable bonds is 7. The highest BCUT2D eigenvalue weighted by molar-refractivity contribution is 5.83. The fourth-order valence-electron chi connectivity index (χ4n) is 4.51. The van der Waals surface area contributed by atoms with E-state index >= 15 is 0 Å². The molecule has 0 aliphatic carbocycles. The summed E-state index contributed by atoms with van der Waals surface area (Å²) in [5.41, 5.74) is 9.50. The van der Waals surface area contributed by atoms with Crippen LogP contribution in [-0.2, 0) is 13.0 Å². The van der Waals surface area contributed by atoms with E-state index < -0.39 is 0 Å². The fraction of sp³-hybridized carbons (Fsp3) is 0.269. The molecule has 0 bridgehead atoms. The van der Waals surface area contributed by atoms with Gasteiger partial charge in [0.05, 0.1) is 17.9 Å². The van der Waals surface area contributed by atoms with Crippen LogP contribution in [0.5, 0.6) is 0 Å². The molecule has 0 unspecified atom stereocenters. The highest BCUT2D eigenvalue weighted by atomic mass is 15.5. The Balaban J connectivity index is 1.50. The molecule has 8 heteroatoms. The van der Waals surface area contributed by atoms with E-state index in [1.807, 2.05) is 18.2 Å². The van der Waals surface area contributed by atoms with Crippen molar-refractivity contribution >= 4 is 16.9 Å². The lowest BCUT2D eigenvalue weighted by molar-refractivity contribution is 0.745. The van der Waals surface area contributed by atoms with Gasteiger partial charge in [-0.15, -0.1) is 10.2 Å². The number of aryl methyl sites for hydroxylation is 3. The van der Waals surface area contributed by atoms with Crippen LogP contribution in [0.1, 0.15) is 36.5 Å². The van der Waals surface area contributed by atoms with E-state index in [-0.39, 0.29) is 0 Å². The predicted octanol–water partition coefficient (Wildman–Crippen LogP) is 4.94. The van der Waals surface area contributed by atoms with Gasteiger partial charge in [0, 0.05) is 24.1 Å². The topological polar surface area (TPSA) is 97.2 Å². The van der Waals surface area contributed by atoms with Crippen molar-refractivity contribution in [1.29, 1.82) is 0 Å². The van der Waals surface area contributed by atoms with Crippen molar-refractivity contribution in [3.63, 3.8) is 0 Å². The maximum Gasteiger partial charge on any atom is 0.205 e. The Morgan fingerprint density at radius 1 is 0.941 bits per heavy atom. The number of anilines is 1. The van der Waals surface area contributed by atoms with Crippen molar-refractivity contribution in [1.82, 2.24) is 35.2 Å². The summed E-state index contributed by atoms with van der Waals surface area (Å²) < 4.78 is 2.24. The van der Waals surface area contributed by atoms with E-state index in [1.54, 1.807) is 0 Å². The smallest absolute Gasteiger partial charge is 0.205 e. The van der Waals surface area contributed by atoms with Crippen LogP contribution >= 0.6 is 0 Å². The monoisotopic (exact) mass is 452 g/mol. The molecular formula is C26H28N8. The number of H-pyrrole nitrogens is 1. The first-order chi connectivity index (χ1) is 16.6. The van der Waals surface area contributed by atoms with Gasteiger partial charge in [0.15, 0.2) is 5.65 Å². The van der Waals surface area contributed by atoms with Crippen molar-refractivity contribution in [2.24, 2.45) is 0 Å². The number of pyridine rings is 1. The highest BCUT2D eigenvalue weighted by Gasteiger charge is 2.17. The minimum Gasteiger partial charge on any atom is -0.384 e. The largest absolute Gasteiger partial charge is 0.384 e. The number of benzene rings is 2. The normalized spacial score (nSPS) is 11.3. The molecule has 0 radical (unpaired) electrons. The number of imidazole rings is 1. The zero-order chi connectivity index (χ0) is 23.7. The maximum absolute atomic E-state index is 4.95. The first kappa shape index (κ1) is 21.8. The fourth-order valence-corrected chi connectivity index (χ4v) is 4.51. The van der Waals surface area contributed by atoms with Crippen LogP contribution in [0.4, 0.5) is 5.69 Å². The number of aromatic nitrogens is 7. The first-order valence-corrected chi connectivity index (χ1v) is 11.6. The van der Waals surface area contributed by atoms with Gasteiger partial charge in [-0.2, -0.15) is 5.21 Å². The second kappa shape index (κ2) is 9.05. The summed E-state index contributed by atoms with van der Waals surface area (Å²) in [6.07, 6.45) is 0.849. The van der Waals surface area contributed by atoms with Crippen LogP contribution in [0.3, 0.4) is 0 Å². The first-order valence-electron chi connectivity index (χ1n) is 11.6. The van der Waals surface area contributed by atoms with Crippen LogP contribution in [0.25, 0.3) is 33.7 Å². The average Bonchev–Trinajstić information content (AvgIpc) is 3.51. The minimum atomic E-state index is 0.589. The lowest BCUT2D eigenvalue weighted by Gasteiger charge is -2.13. The van der Waals surface area contributed by atoms with E-state index in [1.165, 1.54) is 5.56 Å². The number of hydrogen-bond acceptors (Lipinski definition) is 6. The average molecular weight is 453 g/mol. The van der Waals surface area contributed by atoms with Gasteiger partial charge in [-0.25, -0.2) is 9.97 Å². The third kappa shape index (κ3) is 3.81. The van der Waals surface area contributed by atoms with Crippen LogP contribution < -0.4 is 5.32 Å². The molecule has 172 valence electrons. The molecule has 5 aromatic rings. The SMILES string of the molecule is CCNc1c(C)nc2c(nc(CC)n2Cc2ccc(-c3ccccc3-c3nn[nH]n3)cc2)c1C. The molecule has 0 atom stereocenters. The molecule has 0 aliphatic rings. The molecule has 5 rings (SSSR count). The van der Waals surface area contributed by atoms with Crippen molar-refractivity contribution in [3.8, 4) is 22.5 Å². The predicted molar refractivity (Wildman–Crippen MR) is 135 cm³/mol. The number of aromatic amines is 1. The van der Waals surface area contributed by atoms with E-state index in [4.69, 9.17) is 9.97 Å². The van der Waals surface area contributed by atoms with Crippen LogP contribution in [0, 0.1) is 13.8 Å². The van der Waals surface area contributed by atoms with E-state index in [0.717, 1.165) is 70.1 Å². The van der Waals surface area contributed by atoms with E-state index in [0.29, 0.717) is 5.82 Å². The minimum absolute atomic E-state index is 0.589. The second-order valence-electron chi connectivity index (χ2n) is 8.35. The summed E-state index contributed by atoms with van der Waals surface area (Å²) in [7, 11) is 0. The maximum atomic E-state index is 4.95. The Morgan fingerprint density at radius 3 is 2.38 bits per heavy atom. The summed E-state index contributed by atoms with van der Waals surface area (Å²) in [5, 5.41) is 18.0. The van der Waals surface area contributed by atoms with Crippen molar-refractivity contribution in [2.75, 3.05) is 11.9 Å². The van der Waals surface area contributed by atoms with Gasteiger partial charge in [-0.1, -0.05) is 55.5 Å². The van der Waals surface area contributed by atoms with Crippen molar-refractivity contribution < 1.29 is 0 Å². The summed E-state index contributed by atoms with van der Waals surface area (Å²) in [4.78, 5) is 9.89. The Morgan fingerprint density at radius 2 is 1.71 bits per heavy atom. The summed E-state index contributed by atoms with van der Waals surface area (Å²) in [5.74, 6) is 1.64. The van der Waals surface area contributed by atoms with Crippen molar-refractivity contribution in [2.45, 2.75) is 40.7 Å². The van der Waals surface area contributed by atoms with Gasteiger partial charge in [-0.05, 0) is 42.7 Å². The van der Waals surface area contributed by atoms with Gasteiger partial charge < -0.3 is 9.88 Å². The number of tetrazole rings is 1. The summed E-state index contributed by atoms with van der Waals surface area (Å²) in [6.45, 7) is 10.0. The molecule has 0 spiro atoms. The molecule has 0 aliphatic heterocycles. The van der Waals surface area contributed by atoms with E-state index in [2.05, 4.69) is 88.5 Å². The number of hydrogen-bond donors (Lipinski definition) is 2. The Bertz CT molecular complexity index is 1430. The molecule has 2 aromatic carbocycles. The standard InChI is InChI=1S/C26H28N8/c1-5-22-29-24-16(3)23(27-6-2)17(4)28-26(24)34(22)15-18-11-13-19(14-12-18)20-9-7-8-10-21(20)25-30-32-33-31-25/h7-14,27H,5-6,15H2,1-4H3,(H,30,31,32,33). The molecule has 0 amide bonds. The summed E-state index contributed by atoms with van der Waals surface area (Å²) in [6, 6.07) is 16.7. The summed E-state index contributed by atoms with van der Waals surface area (Å²) >= 11 is 0. The van der Waals surface area contributed by atoms with Crippen LogP contribution in [0.15, 0.2) is 48.5 Å². The molecule has 3 aromatic heterocycles. The lowest BCUT2D eigenvalue weighted by Crippen LogP contribution is -2.07. The molecule has 2 N–H and O–H groups in total. The lowest BCUT2D eigenvalue weighted by atomic mass is 9.98. The van der Waals surface area contributed by atoms with Crippen LogP contribution in [0.2, 0.25) is 0 Å². The number of nitrogens with zero attached hydrogens (tertiary/aromatic N) is 6. The van der Waals surface area contributed by atoms with E-state index in [9.17, 15) is 0 Å². The number of fused-ring (bicyclic) bond motifs is 1. The Hall–Kier alpha value is -4.07. The van der Waals surface area contributed by atoms with Crippen LogP contribution in [-0.4, -0.2) is 41.7 Å². The Labute approximate surface area is 198 Å². The zero-order valence-electron chi connectivity index (χ0n) is 19.9. The number of nitrogens with one attached hydrogen (secondary N) is 2. The van der Waals surface area contributed by atoms with Gasteiger partial charge in [-0.3, -0.25) is 0 Å². The van der Waals surface area contributed by atoms with Gasteiger partial charge in [0.25, 0.3) is 0 Å². The zero-order valence-corrected chi connectivity index (χ0v) is 19.9. The molecule has 0 saturated heterocycles. The Kier molecular flexibility index (Phi) is 5.79. The molecular weight excluding hydrogens is 424 g/mol. The van der Waals surface area contributed by atoms with Gasteiger partial charge >= 0.3 is 0 Å². The molecule has 34 heavy (non-hydrogen) atoms. The van der Waals surface area contributed by atoms with Gasteiger partial charge in [0.2, 0.25) is 5.82 Å². The molecule has 8 nitrogen and oxygen atoms in total. The highest BCUT2D eigenvalue weighted by Crippen LogP contribution is 2.31. The molecule has 3 heterocycles. The second-order valence-corrected chi connectivity index (χ2v) is 8.35. The third-order valence-electron chi connectivity index (χ3n) is 6.17. The molecule has 0 fully saturated rings. The van der Waals surface area contributed by atoms with Crippen molar-refractivity contribution in [3.05, 3.63) is 71.2 Å².